The molecule has 1 aromatic carbocycles. The van der Waals surface area contributed by atoms with Crippen molar-refractivity contribution in [1.82, 2.24) is 4.72 Å². The first-order valence-corrected chi connectivity index (χ1v) is 8.30. The van der Waals surface area contributed by atoms with E-state index < -0.39 is 27.7 Å². The molecule has 0 saturated heterocycles. The lowest BCUT2D eigenvalue weighted by Gasteiger charge is -2.26. The average Bonchev–Trinajstić information content (AvgIpc) is 2.38. The van der Waals surface area contributed by atoms with Crippen LogP contribution in [0, 0.1) is 18.7 Å². The van der Waals surface area contributed by atoms with Crippen molar-refractivity contribution in [3.05, 3.63) is 29.6 Å². The first kappa shape index (κ1) is 15.9. The summed E-state index contributed by atoms with van der Waals surface area (Å²) in [5, 5.41) is 8.92. The van der Waals surface area contributed by atoms with Crippen LogP contribution in [0.5, 0.6) is 0 Å². The van der Waals surface area contributed by atoms with Gasteiger partial charge < -0.3 is 5.11 Å². The lowest BCUT2D eigenvalue weighted by Crippen LogP contribution is -2.39. The molecule has 0 bridgehead atoms. The summed E-state index contributed by atoms with van der Waals surface area (Å²) < 4.78 is 40.8. The molecule has 1 aromatic rings. The van der Waals surface area contributed by atoms with Crippen LogP contribution in [0.15, 0.2) is 23.1 Å². The topological polar surface area (TPSA) is 83.5 Å². The molecule has 1 aliphatic rings. The fourth-order valence-corrected chi connectivity index (χ4v) is 4.30. The average molecular weight is 315 g/mol. The molecule has 2 N–H and O–H groups in total. The molecule has 0 radical (unpaired) electrons. The molecule has 0 atom stereocenters. The van der Waals surface area contributed by atoms with Gasteiger partial charge in [-0.3, -0.25) is 4.79 Å². The van der Waals surface area contributed by atoms with Crippen molar-refractivity contribution in [2.75, 3.05) is 0 Å². The Hall–Kier alpha value is -1.47. The Labute approximate surface area is 123 Å². The van der Waals surface area contributed by atoms with Crippen LogP contribution in [0.3, 0.4) is 0 Å². The van der Waals surface area contributed by atoms with Crippen molar-refractivity contribution in [1.29, 1.82) is 0 Å². The first-order chi connectivity index (χ1) is 9.81. The summed E-state index contributed by atoms with van der Waals surface area (Å²) in [5.74, 6) is -2.04. The zero-order valence-electron chi connectivity index (χ0n) is 11.7. The van der Waals surface area contributed by atoms with Crippen molar-refractivity contribution < 1.29 is 22.7 Å². The lowest BCUT2D eigenvalue weighted by atomic mass is 9.87. The lowest BCUT2D eigenvalue weighted by molar-refractivity contribution is -0.142. The van der Waals surface area contributed by atoms with E-state index in [1.165, 1.54) is 6.07 Å². The van der Waals surface area contributed by atoms with E-state index in [0.29, 0.717) is 31.2 Å². The van der Waals surface area contributed by atoms with Crippen LogP contribution in [-0.2, 0) is 14.8 Å². The molecular weight excluding hydrogens is 297 g/mol. The zero-order valence-corrected chi connectivity index (χ0v) is 12.5. The minimum atomic E-state index is -3.93. The number of aliphatic carboxylic acids is 1. The van der Waals surface area contributed by atoms with E-state index in [0.717, 1.165) is 6.07 Å². The van der Waals surface area contributed by atoms with Crippen LogP contribution in [0.4, 0.5) is 4.39 Å². The van der Waals surface area contributed by atoms with Gasteiger partial charge in [-0.15, -0.1) is 0 Å². The highest BCUT2D eigenvalue weighted by Gasteiger charge is 2.30. The molecule has 5 nitrogen and oxygen atoms in total. The Kier molecular flexibility index (Phi) is 4.63. The van der Waals surface area contributed by atoms with Crippen molar-refractivity contribution in [2.24, 2.45) is 5.92 Å². The minimum absolute atomic E-state index is 0.328. The molecular formula is C14H18FNO4S. The third-order valence-electron chi connectivity index (χ3n) is 3.83. The van der Waals surface area contributed by atoms with Crippen LogP contribution < -0.4 is 4.72 Å². The number of aryl methyl sites for hydroxylation is 1. The zero-order chi connectivity index (χ0) is 15.6. The summed E-state index contributed by atoms with van der Waals surface area (Å²) in [6.07, 6.45) is 1.75. The Morgan fingerprint density at radius 2 is 1.90 bits per heavy atom. The van der Waals surface area contributed by atoms with Gasteiger partial charge in [0.15, 0.2) is 0 Å². The monoisotopic (exact) mass is 315 g/mol. The van der Waals surface area contributed by atoms with E-state index in [-0.39, 0.29) is 10.9 Å². The number of carboxylic acid groups (broad SMARTS) is 1. The number of carbonyl (C=O) groups is 1. The summed E-state index contributed by atoms with van der Waals surface area (Å²) >= 11 is 0. The number of rotatable bonds is 4. The van der Waals surface area contributed by atoms with Crippen molar-refractivity contribution in [3.63, 3.8) is 0 Å². The van der Waals surface area contributed by atoms with E-state index in [4.69, 9.17) is 5.11 Å². The number of hydrogen-bond donors (Lipinski definition) is 2. The van der Waals surface area contributed by atoms with Gasteiger partial charge >= 0.3 is 5.97 Å². The largest absolute Gasteiger partial charge is 0.481 e. The SMILES string of the molecule is Cc1cccc(F)c1S(=O)(=O)NC1CCC(C(=O)O)CC1. The summed E-state index contributed by atoms with van der Waals surface area (Å²) in [7, 11) is -3.93. The van der Waals surface area contributed by atoms with Gasteiger partial charge in [0.2, 0.25) is 10.0 Å². The van der Waals surface area contributed by atoms with Crippen molar-refractivity contribution >= 4 is 16.0 Å². The molecule has 1 aliphatic carbocycles. The smallest absolute Gasteiger partial charge is 0.306 e. The minimum Gasteiger partial charge on any atom is -0.481 e. The Balaban J connectivity index is 2.11. The molecule has 7 heteroatoms. The standard InChI is InChI=1S/C14H18FNO4S/c1-9-3-2-4-12(15)13(9)21(19,20)16-11-7-5-10(6-8-11)14(17)18/h2-4,10-11,16H,5-8H2,1H3,(H,17,18). The van der Waals surface area contributed by atoms with Crippen LogP contribution in [0.2, 0.25) is 0 Å². The van der Waals surface area contributed by atoms with E-state index in [9.17, 15) is 17.6 Å². The van der Waals surface area contributed by atoms with Gasteiger partial charge in [0.25, 0.3) is 0 Å². The van der Waals surface area contributed by atoms with E-state index in [2.05, 4.69) is 4.72 Å². The number of hydrogen-bond acceptors (Lipinski definition) is 3. The third kappa shape index (κ3) is 3.59. The van der Waals surface area contributed by atoms with Gasteiger partial charge in [-0.1, -0.05) is 12.1 Å². The van der Waals surface area contributed by atoms with Gasteiger partial charge in [-0.25, -0.2) is 17.5 Å². The summed E-state index contributed by atoms with van der Waals surface area (Å²) in [6, 6.07) is 3.77. The number of nitrogens with one attached hydrogen (secondary N) is 1. The van der Waals surface area contributed by atoms with Gasteiger partial charge in [0.1, 0.15) is 10.7 Å². The molecule has 0 amide bonds. The van der Waals surface area contributed by atoms with Crippen LogP contribution in [0.1, 0.15) is 31.2 Å². The van der Waals surface area contributed by atoms with Gasteiger partial charge in [0.05, 0.1) is 5.92 Å². The number of carboxylic acids is 1. The van der Waals surface area contributed by atoms with E-state index in [1.54, 1.807) is 13.0 Å². The van der Waals surface area contributed by atoms with Gasteiger partial charge in [0, 0.05) is 6.04 Å². The number of halogens is 1. The molecule has 0 unspecified atom stereocenters. The molecule has 0 spiro atoms. The molecule has 0 heterocycles. The quantitative estimate of drug-likeness (QED) is 0.891. The first-order valence-electron chi connectivity index (χ1n) is 6.81. The normalized spacial score (nSPS) is 23.0. The molecule has 0 aromatic heterocycles. The molecule has 1 saturated carbocycles. The Morgan fingerprint density at radius 1 is 1.29 bits per heavy atom. The predicted octanol–water partition coefficient (Wildman–Crippen LogP) is 2.06. The fourth-order valence-electron chi connectivity index (χ4n) is 2.69. The molecule has 0 aliphatic heterocycles. The third-order valence-corrected chi connectivity index (χ3v) is 5.53. The molecule has 21 heavy (non-hydrogen) atoms. The van der Waals surface area contributed by atoms with Gasteiger partial charge in [-0.05, 0) is 44.2 Å². The maximum atomic E-state index is 13.8. The molecule has 2 rings (SSSR count). The maximum Gasteiger partial charge on any atom is 0.306 e. The van der Waals surface area contributed by atoms with Crippen molar-refractivity contribution in [3.8, 4) is 0 Å². The summed E-state index contributed by atoms with van der Waals surface area (Å²) in [6.45, 7) is 1.54. The Morgan fingerprint density at radius 3 is 2.43 bits per heavy atom. The Bertz CT molecular complexity index is 616. The maximum absolute atomic E-state index is 13.8. The van der Waals surface area contributed by atoms with Crippen molar-refractivity contribution in [2.45, 2.75) is 43.5 Å². The van der Waals surface area contributed by atoms with Crippen LogP contribution >= 0.6 is 0 Å². The second-order valence-electron chi connectivity index (χ2n) is 5.39. The number of sulfonamides is 1. The highest BCUT2D eigenvalue weighted by molar-refractivity contribution is 7.89. The fraction of sp³-hybridized carbons (Fsp3) is 0.500. The van der Waals surface area contributed by atoms with E-state index >= 15 is 0 Å². The van der Waals surface area contributed by atoms with Crippen LogP contribution in [-0.4, -0.2) is 25.5 Å². The highest BCUT2D eigenvalue weighted by atomic mass is 32.2. The molecule has 1 fully saturated rings. The molecule has 116 valence electrons. The second kappa shape index (κ2) is 6.11. The highest BCUT2D eigenvalue weighted by Crippen LogP contribution is 2.26. The number of benzene rings is 1. The summed E-state index contributed by atoms with van der Waals surface area (Å²) in [5.41, 5.74) is 0.349. The van der Waals surface area contributed by atoms with Gasteiger partial charge in [-0.2, -0.15) is 0 Å². The predicted molar refractivity (Wildman–Crippen MR) is 74.8 cm³/mol. The second-order valence-corrected chi connectivity index (χ2v) is 7.04. The summed E-state index contributed by atoms with van der Waals surface area (Å²) in [4.78, 5) is 10.5. The van der Waals surface area contributed by atoms with Crippen LogP contribution in [0.25, 0.3) is 0 Å². The van der Waals surface area contributed by atoms with E-state index in [1.807, 2.05) is 0 Å².